The Morgan fingerprint density at radius 3 is 2.50 bits per heavy atom. The Morgan fingerprint density at radius 2 is 1.79 bits per heavy atom. The van der Waals surface area contributed by atoms with E-state index in [0.29, 0.717) is 29.5 Å². The van der Waals surface area contributed by atoms with E-state index in [0.717, 1.165) is 6.42 Å². The van der Waals surface area contributed by atoms with Crippen LogP contribution < -0.4 is 10.1 Å². The molecule has 2 N–H and O–H groups in total. The van der Waals surface area contributed by atoms with Crippen LogP contribution in [-0.4, -0.2) is 36.2 Å². The third kappa shape index (κ3) is 5.18. The van der Waals surface area contributed by atoms with Crippen LogP contribution >= 0.6 is 0 Å². The van der Waals surface area contributed by atoms with Crippen molar-refractivity contribution in [2.75, 3.05) is 13.2 Å². The van der Waals surface area contributed by atoms with Gasteiger partial charge in [0, 0.05) is 18.2 Å². The van der Waals surface area contributed by atoms with E-state index in [2.05, 4.69) is 19.2 Å². The quantitative estimate of drug-likeness (QED) is 0.695. The van der Waals surface area contributed by atoms with E-state index in [9.17, 15) is 9.90 Å². The van der Waals surface area contributed by atoms with Crippen LogP contribution in [0.25, 0.3) is 0 Å². The monoisotopic (exact) mass is 327 g/mol. The largest absolute Gasteiger partial charge is 0.490 e. The van der Waals surface area contributed by atoms with Gasteiger partial charge in [-0.2, -0.15) is 0 Å². The van der Waals surface area contributed by atoms with Crippen molar-refractivity contribution in [1.29, 1.82) is 0 Å². The van der Waals surface area contributed by atoms with Crippen molar-refractivity contribution in [2.24, 2.45) is 0 Å². The second-order valence-corrected chi connectivity index (χ2v) is 5.87. The molecule has 0 saturated heterocycles. The fourth-order valence-electron chi connectivity index (χ4n) is 2.25. The molecule has 0 aliphatic rings. The van der Waals surface area contributed by atoms with Crippen molar-refractivity contribution in [1.82, 2.24) is 5.32 Å². The number of ether oxygens (including phenoxy) is 1. The van der Waals surface area contributed by atoms with Crippen molar-refractivity contribution in [3.63, 3.8) is 0 Å². The maximum atomic E-state index is 12.6. The minimum atomic E-state index is -0.626. The molecule has 0 aliphatic heterocycles. The molecule has 0 spiro atoms. The van der Waals surface area contributed by atoms with Crippen molar-refractivity contribution in [2.45, 2.75) is 32.4 Å². The SMILES string of the molecule is CC[C@@H](C)NC[C@H](O)COc1ccccc1C(=O)c1ccccc1. The fourth-order valence-corrected chi connectivity index (χ4v) is 2.25. The summed E-state index contributed by atoms with van der Waals surface area (Å²) < 4.78 is 5.70. The normalized spacial score (nSPS) is 13.3. The maximum absolute atomic E-state index is 12.6. The van der Waals surface area contributed by atoms with Gasteiger partial charge in [-0.15, -0.1) is 0 Å². The standard InChI is InChI=1S/C20H25NO3/c1-3-15(2)21-13-17(22)14-24-19-12-8-7-11-18(19)20(23)16-9-5-4-6-10-16/h4-12,15,17,21-22H,3,13-14H2,1-2H3/t15-,17+/m1/s1. The molecule has 128 valence electrons. The summed E-state index contributed by atoms with van der Waals surface area (Å²) in [5, 5.41) is 13.3. The zero-order valence-corrected chi connectivity index (χ0v) is 14.2. The smallest absolute Gasteiger partial charge is 0.196 e. The number of carbonyl (C=O) groups is 1. The van der Waals surface area contributed by atoms with Crippen LogP contribution in [0.2, 0.25) is 0 Å². The lowest BCUT2D eigenvalue weighted by molar-refractivity contribution is 0.0979. The third-order valence-corrected chi connectivity index (χ3v) is 3.91. The molecular formula is C20H25NO3. The summed E-state index contributed by atoms with van der Waals surface area (Å²) in [7, 11) is 0. The number of carbonyl (C=O) groups excluding carboxylic acids is 1. The fraction of sp³-hybridized carbons (Fsp3) is 0.350. The predicted molar refractivity (Wildman–Crippen MR) is 95.6 cm³/mol. The molecule has 0 radical (unpaired) electrons. The number of rotatable bonds is 9. The van der Waals surface area contributed by atoms with Gasteiger partial charge >= 0.3 is 0 Å². The van der Waals surface area contributed by atoms with E-state index in [1.165, 1.54) is 0 Å². The molecule has 0 aliphatic carbocycles. The molecule has 2 aromatic carbocycles. The first kappa shape index (κ1) is 18.2. The molecule has 0 unspecified atom stereocenters. The highest BCUT2D eigenvalue weighted by Crippen LogP contribution is 2.21. The van der Waals surface area contributed by atoms with Crippen molar-refractivity contribution in [3.8, 4) is 5.75 Å². The average molecular weight is 327 g/mol. The van der Waals surface area contributed by atoms with Crippen LogP contribution in [0.4, 0.5) is 0 Å². The van der Waals surface area contributed by atoms with Crippen LogP contribution in [0, 0.1) is 0 Å². The van der Waals surface area contributed by atoms with Crippen molar-refractivity contribution >= 4 is 5.78 Å². The summed E-state index contributed by atoms with van der Waals surface area (Å²) in [5.74, 6) is 0.410. The molecule has 0 heterocycles. The molecule has 0 saturated carbocycles. The lowest BCUT2D eigenvalue weighted by Gasteiger charge is -2.17. The molecule has 4 heteroatoms. The van der Waals surface area contributed by atoms with Crippen LogP contribution in [0.1, 0.15) is 36.2 Å². The van der Waals surface area contributed by atoms with Gasteiger partial charge in [-0.1, -0.05) is 49.4 Å². The Labute approximate surface area is 143 Å². The summed E-state index contributed by atoms with van der Waals surface area (Å²) in [4.78, 5) is 12.6. The highest BCUT2D eigenvalue weighted by molar-refractivity contribution is 6.10. The van der Waals surface area contributed by atoms with Gasteiger partial charge in [0.15, 0.2) is 5.78 Å². The van der Waals surface area contributed by atoms with Crippen LogP contribution in [0.5, 0.6) is 5.75 Å². The van der Waals surface area contributed by atoms with Gasteiger partial charge in [0.25, 0.3) is 0 Å². The Balaban J connectivity index is 2.00. The first-order valence-corrected chi connectivity index (χ1v) is 8.34. The van der Waals surface area contributed by atoms with E-state index < -0.39 is 6.10 Å². The van der Waals surface area contributed by atoms with Gasteiger partial charge in [-0.05, 0) is 25.5 Å². The van der Waals surface area contributed by atoms with Gasteiger partial charge in [0.05, 0.1) is 5.56 Å². The summed E-state index contributed by atoms with van der Waals surface area (Å²) in [6, 6.07) is 16.6. The average Bonchev–Trinajstić information content (AvgIpc) is 2.64. The molecule has 0 amide bonds. The molecule has 0 aromatic heterocycles. The van der Waals surface area contributed by atoms with E-state index in [1.807, 2.05) is 30.3 Å². The highest BCUT2D eigenvalue weighted by atomic mass is 16.5. The summed E-state index contributed by atoms with van der Waals surface area (Å²) in [6.07, 6.45) is 0.376. The number of hydrogen-bond donors (Lipinski definition) is 2. The first-order chi connectivity index (χ1) is 11.6. The summed E-state index contributed by atoms with van der Waals surface area (Å²) >= 11 is 0. The highest BCUT2D eigenvalue weighted by Gasteiger charge is 2.15. The van der Waals surface area contributed by atoms with Crippen LogP contribution in [0.15, 0.2) is 54.6 Å². The number of para-hydroxylation sites is 1. The summed E-state index contributed by atoms with van der Waals surface area (Å²) in [5.41, 5.74) is 1.12. The number of aliphatic hydroxyl groups is 1. The number of aliphatic hydroxyl groups excluding tert-OH is 1. The molecule has 24 heavy (non-hydrogen) atoms. The Hall–Kier alpha value is -2.17. The van der Waals surface area contributed by atoms with E-state index >= 15 is 0 Å². The predicted octanol–water partition coefficient (Wildman–Crippen LogP) is 3.05. The zero-order valence-electron chi connectivity index (χ0n) is 14.2. The van der Waals surface area contributed by atoms with Crippen LogP contribution in [0.3, 0.4) is 0 Å². The van der Waals surface area contributed by atoms with Gasteiger partial charge in [-0.3, -0.25) is 4.79 Å². The Bertz CT molecular complexity index is 642. The second kappa shape index (κ2) is 9.21. The zero-order chi connectivity index (χ0) is 17.4. The lowest BCUT2D eigenvalue weighted by atomic mass is 10.0. The number of hydrogen-bond acceptors (Lipinski definition) is 4. The minimum Gasteiger partial charge on any atom is -0.490 e. The van der Waals surface area contributed by atoms with E-state index in [-0.39, 0.29) is 12.4 Å². The Morgan fingerprint density at radius 1 is 1.12 bits per heavy atom. The van der Waals surface area contributed by atoms with Gasteiger partial charge < -0.3 is 15.2 Å². The molecule has 2 atom stereocenters. The Kier molecular flexibility index (Phi) is 6.97. The van der Waals surface area contributed by atoms with E-state index in [4.69, 9.17) is 4.74 Å². The van der Waals surface area contributed by atoms with Gasteiger partial charge in [0.1, 0.15) is 18.5 Å². The maximum Gasteiger partial charge on any atom is 0.196 e. The minimum absolute atomic E-state index is 0.0848. The topological polar surface area (TPSA) is 58.6 Å². The number of ketones is 1. The van der Waals surface area contributed by atoms with Crippen molar-refractivity contribution in [3.05, 3.63) is 65.7 Å². The third-order valence-electron chi connectivity index (χ3n) is 3.91. The molecule has 0 bridgehead atoms. The molecular weight excluding hydrogens is 302 g/mol. The van der Waals surface area contributed by atoms with Crippen molar-refractivity contribution < 1.29 is 14.6 Å². The van der Waals surface area contributed by atoms with E-state index in [1.54, 1.807) is 24.3 Å². The second-order valence-electron chi connectivity index (χ2n) is 5.87. The first-order valence-electron chi connectivity index (χ1n) is 8.34. The van der Waals surface area contributed by atoms with Crippen LogP contribution in [-0.2, 0) is 0 Å². The molecule has 4 nitrogen and oxygen atoms in total. The number of benzene rings is 2. The number of nitrogens with one attached hydrogen (secondary N) is 1. The molecule has 2 aromatic rings. The lowest BCUT2D eigenvalue weighted by Crippen LogP contribution is -2.36. The summed E-state index contributed by atoms with van der Waals surface area (Å²) in [6.45, 7) is 4.76. The van der Waals surface area contributed by atoms with Gasteiger partial charge in [-0.25, -0.2) is 0 Å². The van der Waals surface area contributed by atoms with Gasteiger partial charge in [0.2, 0.25) is 0 Å². The molecule has 2 rings (SSSR count). The molecule has 0 fully saturated rings.